The first-order chi connectivity index (χ1) is 8.15. The van der Waals surface area contributed by atoms with E-state index in [4.69, 9.17) is 5.53 Å². The minimum absolute atomic E-state index is 0.0606. The van der Waals surface area contributed by atoms with Gasteiger partial charge < -0.3 is 10.6 Å². The van der Waals surface area contributed by atoms with Crippen molar-refractivity contribution in [3.05, 3.63) is 40.9 Å². The first-order valence-corrected chi connectivity index (χ1v) is 5.42. The molecule has 1 aliphatic rings. The van der Waals surface area contributed by atoms with Gasteiger partial charge in [0.1, 0.15) is 5.72 Å². The first-order valence-electron chi connectivity index (χ1n) is 5.42. The van der Waals surface area contributed by atoms with Gasteiger partial charge in [0, 0.05) is 5.56 Å². The second kappa shape index (κ2) is 4.59. The van der Waals surface area contributed by atoms with E-state index < -0.39 is 5.72 Å². The zero-order valence-corrected chi connectivity index (χ0v) is 9.26. The molecular weight excluding hydrogens is 218 g/mol. The Labute approximate surface area is 98.7 Å². The smallest absolute Gasteiger partial charge is 0.324 e. The van der Waals surface area contributed by atoms with Crippen LogP contribution in [0.25, 0.3) is 5.53 Å². The number of hydrogen-bond donors (Lipinski definition) is 2. The second-order valence-electron chi connectivity index (χ2n) is 4.08. The van der Waals surface area contributed by atoms with E-state index in [0.29, 0.717) is 6.42 Å². The Kier molecular flexibility index (Phi) is 3.15. The summed E-state index contributed by atoms with van der Waals surface area (Å²) < 4.78 is 0. The molecule has 0 heterocycles. The fourth-order valence-corrected chi connectivity index (χ4v) is 2.12. The molecule has 2 N–H and O–H groups in total. The van der Waals surface area contributed by atoms with Gasteiger partial charge in [0.05, 0.1) is 6.54 Å². The molecule has 1 aromatic carbocycles. The Hall–Kier alpha value is -1.81. The van der Waals surface area contributed by atoms with Crippen LogP contribution in [0.15, 0.2) is 24.3 Å². The lowest BCUT2D eigenvalue weighted by Gasteiger charge is -2.24. The number of Topliss-reactive ketones (excluding diaryl/α,β-unsaturated/α-hetero) is 1. The maximum absolute atomic E-state index is 11.2. The number of aryl methyl sites for hydroxylation is 1. The first kappa shape index (κ1) is 11.7. The third-order valence-electron chi connectivity index (χ3n) is 2.98. The lowest BCUT2D eigenvalue weighted by Crippen LogP contribution is -2.43. The summed E-state index contributed by atoms with van der Waals surface area (Å²) in [4.78, 5) is 13.8. The van der Waals surface area contributed by atoms with Crippen molar-refractivity contribution in [1.29, 1.82) is 0 Å². The highest BCUT2D eigenvalue weighted by Gasteiger charge is 2.36. The van der Waals surface area contributed by atoms with Crippen molar-refractivity contribution >= 4 is 12.0 Å². The number of hydrogen-bond acceptors (Lipinski definition) is 3. The molecule has 0 bridgehead atoms. The van der Waals surface area contributed by atoms with Gasteiger partial charge in [-0.2, -0.15) is 4.79 Å². The van der Waals surface area contributed by atoms with E-state index in [9.17, 15) is 9.90 Å². The maximum atomic E-state index is 11.2. The van der Waals surface area contributed by atoms with Crippen LogP contribution in [-0.4, -0.2) is 28.4 Å². The molecule has 5 nitrogen and oxygen atoms in total. The van der Waals surface area contributed by atoms with Crippen LogP contribution < -0.4 is 5.32 Å². The molecule has 1 unspecified atom stereocenters. The summed E-state index contributed by atoms with van der Waals surface area (Å²) in [5.41, 5.74) is 8.95. The number of aliphatic hydroxyl groups is 1. The van der Waals surface area contributed by atoms with Gasteiger partial charge in [-0.15, -0.1) is 0 Å². The molecule has 0 aromatic heterocycles. The molecule has 0 amide bonds. The Balaban J connectivity index is 2.11. The zero-order chi connectivity index (χ0) is 12.3. The van der Waals surface area contributed by atoms with Gasteiger partial charge in [0.25, 0.3) is 0 Å². The molecule has 0 fully saturated rings. The van der Waals surface area contributed by atoms with Crippen molar-refractivity contribution in [2.24, 2.45) is 0 Å². The SMILES string of the molecule is [N-]=[N+]=CC(=O)CNC1(O)CCc2ccccc21. The molecule has 1 atom stereocenters. The summed E-state index contributed by atoms with van der Waals surface area (Å²) >= 11 is 0. The molecule has 1 aliphatic carbocycles. The predicted octanol–water partition coefficient (Wildman–Crippen LogP) is 0.237. The monoisotopic (exact) mass is 231 g/mol. The standard InChI is InChI=1S/C12H13N3O2/c13-15-8-10(16)7-14-12(17)6-5-9-3-1-2-4-11(9)12/h1-4,8,14,17H,5-7H2. The third kappa shape index (κ3) is 2.31. The number of fused-ring (bicyclic) bond motifs is 1. The summed E-state index contributed by atoms with van der Waals surface area (Å²) in [7, 11) is 0. The van der Waals surface area contributed by atoms with Crippen LogP contribution in [0.1, 0.15) is 17.5 Å². The van der Waals surface area contributed by atoms with E-state index in [1.165, 1.54) is 0 Å². The fourth-order valence-electron chi connectivity index (χ4n) is 2.12. The van der Waals surface area contributed by atoms with Gasteiger partial charge in [-0.05, 0) is 18.4 Å². The summed E-state index contributed by atoms with van der Waals surface area (Å²) in [5.74, 6) is -0.384. The lowest BCUT2D eigenvalue weighted by molar-refractivity contribution is -0.117. The Bertz CT molecular complexity index is 494. The highest BCUT2D eigenvalue weighted by Crippen LogP contribution is 2.34. The Morgan fingerprint density at radius 2 is 2.35 bits per heavy atom. The summed E-state index contributed by atoms with van der Waals surface area (Å²) in [5, 5.41) is 13.2. The Morgan fingerprint density at radius 1 is 1.59 bits per heavy atom. The lowest BCUT2D eigenvalue weighted by atomic mass is 10.0. The van der Waals surface area contributed by atoms with Gasteiger partial charge in [0.2, 0.25) is 5.78 Å². The van der Waals surface area contributed by atoms with Crippen LogP contribution in [-0.2, 0) is 16.9 Å². The van der Waals surface area contributed by atoms with E-state index in [-0.39, 0.29) is 12.3 Å². The topological polar surface area (TPSA) is 85.7 Å². The number of carbonyl (C=O) groups is 1. The molecule has 88 valence electrons. The Morgan fingerprint density at radius 3 is 3.12 bits per heavy atom. The fraction of sp³-hybridized carbons (Fsp3) is 0.333. The van der Waals surface area contributed by atoms with E-state index in [1.54, 1.807) is 0 Å². The van der Waals surface area contributed by atoms with E-state index in [2.05, 4.69) is 10.1 Å². The van der Waals surface area contributed by atoms with Crippen molar-refractivity contribution in [1.82, 2.24) is 5.32 Å². The third-order valence-corrected chi connectivity index (χ3v) is 2.98. The van der Waals surface area contributed by atoms with Gasteiger partial charge >= 0.3 is 6.21 Å². The zero-order valence-electron chi connectivity index (χ0n) is 9.26. The summed E-state index contributed by atoms with van der Waals surface area (Å²) in [6.07, 6.45) is 2.13. The minimum atomic E-state index is -1.16. The highest BCUT2D eigenvalue weighted by molar-refractivity contribution is 6.26. The average molecular weight is 231 g/mol. The molecule has 17 heavy (non-hydrogen) atoms. The van der Waals surface area contributed by atoms with Crippen LogP contribution in [0, 0.1) is 0 Å². The van der Waals surface area contributed by atoms with Crippen LogP contribution in [0.3, 0.4) is 0 Å². The normalized spacial score (nSPS) is 21.7. The van der Waals surface area contributed by atoms with E-state index >= 15 is 0 Å². The van der Waals surface area contributed by atoms with Gasteiger partial charge in [-0.1, -0.05) is 24.3 Å². The van der Waals surface area contributed by atoms with Gasteiger partial charge in [-0.25, -0.2) is 0 Å². The second-order valence-corrected chi connectivity index (χ2v) is 4.08. The largest absolute Gasteiger partial charge is 0.372 e. The number of rotatable bonds is 4. The number of nitrogens with one attached hydrogen (secondary N) is 1. The number of ketones is 1. The minimum Gasteiger partial charge on any atom is -0.372 e. The van der Waals surface area contributed by atoms with Gasteiger partial charge in [0.15, 0.2) is 0 Å². The highest BCUT2D eigenvalue weighted by atomic mass is 16.3. The van der Waals surface area contributed by atoms with Crippen molar-refractivity contribution in [3.63, 3.8) is 0 Å². The molecule has 2 rings (SSSR count). The average Bonchev–Trinajstić information content (AvgIpc) is 2.67. The van der Waals surface area contributed by atoms with Gasteiger partial charge in [-0.3, -0.25) is 10.1 Å². The predicted molar refractivity (Wildman–Crippen MR) is 61.4 cm³/mol. The number of benzene rings is 1. The van der Waals surface area contributed by atoms with E-state index in [0.717, 1.165) is 23.8 Å². The summed E-state index contributed by atoms with van der Waals surface area (Å²) in [6.45, 7) is -0.0606. The molecule has 0 saturated heterocycles. The maximum Gasteiger partial charge on any atom is 0.324 e. The van der Waals surface area contributed by atoms with Crippen molar-refractivity contribution in [2.45, 2.75) is 18.6 Å². The van der Waals surface area contributed by atoms with Crippen LogP contribution in [0.2, 0.25) is 0 Å². The van der Waals surface area contributed by atoms with Crippen molar-refractivity contribution in [3.8, 4) is 0 Å². The van der Waals surface area contributed by atoms with Crippen molar-refractivity contribution in [2.75, 3.05) is 6.54 Å². The summed E-state index contributed by atoms with van der Waals surface area (Å²) in [6, 6.07) is 7.59. The van der Waals surface area contributed by atoms with Crippen molar-refractivity contribution < 1.29 is 14.7 Å². The van der Waals surface area contributed by atoms with Crippen LogP contribution in [0.5, 0.6) is 0 Å². The molecule has 0 spiro atoms. The molecule has 0 radical (unpaired) electrons. The molecule has 1 aromatic rings. The van der Waals surface area contributed by atoms with E-state index in [1.807, 2.05) is 24.3 Å². The van der Waals surface area contributed by atoms with Crippen LogP contribution in [0.4, 0.5) is 0 Å². The van der Waals surface area contributed by atoms with Crippen LogP contribution >= 0.6 is 0 Å². The molecule has 0 aliphatic heterocycles. The molecular formula is C12H13N3O2. The quantitative estimate of drug-likeness (QED) is 0.337. The molecule has 0 saturated carbocycles. The number of carbonyl (C=O) groups excluding carboxylic acids is 1. The number of nitrogens with zero attached hydrogens (tertiary/aromatic N) is 2. The molecule has 5 heteroatoms.